The molecule has 0 aliphatic heterocycles. The van der Waals surface area contributed by atoms with E-state index in [9.17, 15) is 0 Å². The number of hydrogen-bond acceptors (Lipinski definition) is 4. The number of aryl methyl sites for hydroxylation is 2. The fourth-order valence-corrected chi connectivity index (χ4v) is 22.9. The van der Waals surface area contributed by atoms with Gasteiger partial charge in [-0.05, 0) is 242 Å². The van der Waals surface area contributed by atoms with Crippen molar-refractivity contribution in [2.24, 2.45) is 0 Å². The van der Waals surface area contributed by atoms with Gasteiger partial charge < -0.3 is 9.13 Å². The molecule has 610 valence electrons. The van der Waals surface area contributed by atoms with Crippen LogP contribution in [0.5, 0.6) is 0 Å². The molecule has 8 heteroatoms. The zero-order valence-electron chi connectivity index (χ0n) is 71.6. The second kappa shape index (κ2) is 29.5. The SMILES string of the molecule is CCn1c(-c2cccc3c(-c4cccc5c4-c4ccccc4C5(c4ccccc4)c4ccc(-c5ccc6c(c5)nc(-c5cccc7c(-c8cccc9c8C(c8ccccc8)(c8ccccc8)c8ccccc8-9)c8cccc(-c9nc%10ccccc%10n9-c9ccccc9)c8cc57)n6-c5ccccc5)cc4)c4cccc(-c5nc6ccccc6n5CC)c4cc23)nc2ccccc21. The van der Waals surface area contributed by atoms with Gasteiger partial charge in [0, 0.05) is 46.7 Å². The molecule has 1 unspecified atom stereocenters. The first-order valence-corrected chi connectivity index (χ1v) is 45.2. The molecular formula is C122H82N8. The smallest absolute Gasteiger partial charge is 0.146 e. The number of benzene rings is 20. The average Bonchev–Trinajstić information content (AvgIpc) is 1.52. The Hall–Kier alpha value is -16.7. The van der Waals surface area contributed by atoms with E-state index in [1.54, 1.807) is 0 Å². The van der Waals surface area contributed by atoms with E-state index in [0.717, 1.165) is 179 Å². The predicted octanol–water partition coefficient (Wildman–Crippen LogP) is 30.1. The summed E-state index contributed by atoms with van der Waals surface area (Å²) >= 11 is 0. The Labute approximate surface area is 751 Å². The zero-order valence-corrected chi connectivity index (χ0v) is 71.6. The maximum absolute atomic E-state index is 5.99. The molecule has 0 radical (unpaired) electrons. The van der Waals surface area contributed by atoms with Crippen LogP contribution >= 0.6 is 0 Å². The number of nitrogens with zero attached hydrogens (tertiary/aromatic N) is 8. The first-order valence-electron chi connectivity index (χ1n) is 45.2. The van der Waals surface area contributed by atoms with E-state index in [0.29, 0.717) is 0 Å². The zero-order chi connectivity index (χ0) is 85.9. The largest absolute Gasteiger partial charge is 0.324 e. The van der Waals surface area contributed by atoms with Crippen molar-refractivity contribution in [3.8, 4) is 113 Å². The second-order valence-corrected chi connectivity index (χ2v) is 34.6. The summed E-state index contributed by atoms with van der Waals surface area (Å²) in [6.45, 7) is 5.98. The predicted molar refractivity (Wildman–Crippen MR) is 536 cm³/mol. The van der Waals surface area contributed by atoms with Gasteiger partial charge in [0.1, 0.15) is 23.3 Å². The van der Waals surface area contributed by atoms with Gasteiger partial charge in [0.2, 0.25) is 0 Å². The molecule has 8 nitrogen and oxygen atoms in total. The highest BCUT2D eigenvalue weighted by Gasteiger charge is 2.50. The lowest BCUT2D eigenvalue weighted by molar-refractivity contribution is 0.769. The minimum Gasteiger partial charge on any atom is -0.324 e. The molecule has 2 aliphatic carbocycles. The van der Waals surface area contributed by atoms with Crippen LogP contribution in [0.1, 0.15) is 58.4 Å². The second-order valence-electron chi connectivity index (χ2n) is 34.6. The molecule has 130 heavy (non-hydrogen) atoms. The Morgan fingerprint density at radius 3 is 1.06 bits per heavy atom. The maximum Gasteiger partial charge on any atom is 0.146 e. The number of para-hydroxylation sites is 8. The third kappa shape index (κ3) is 10.9. The molecule has 0 saturated carbocycles. The van der Waals surface area contributed by atoms with Crippen LogP contribution < -0.4 is 0 Å². The van der Waals surface area contributed by atoms with Crippen molar-refractivity contribution < 1.29 is 0 Å². The van der Waals surface area contributed by atoms with Gasteiger partial charge in [-0.15, -0.1) is 0 Å². The van der Waals surface area contributed by atoms with Crippen LogP contribution in [0.4, 0.5) is 0 Å². The Morgan fingerprint density at radius 1 is 0.208 bits per heavy atom. The first-order chi connectivity index (χ1) is 64.4. The van der Waals surface area contributed by atoms with Crippen molar-refractivity contribution in [2.75, 3.05) is 0 Å². The summed E-state index contributed by atoms with van der Waals surface area (Å²) in [6, 6.07) is 162. The molecule has 20 aromatic carbocycles. The number of fused-ring (bicyclic) bond motifs is 14. The van der Waals surface area contributed by atoms with Crippen LogP contribution in [0.25, 0.3) is 200 Å². The molecule has 0 saturated heterocycles. The molecular weight excluding hydrogens is 1580 g/mol. The lowest BCUT2D eigenvalue weighted by atomic mass is 9.66. The Balaban J connectivity index is 0.670. The van der Waals surface area contributed by atoms with Crippen molar-refractivity contribution in [1.29, 1.82) is 0 Å². The van der Waals surface area contributed by atoms with Gasteiger partial charge in [0.05, 0.1) is 55.0 Å². The van der Waals surface area contributed by atoms with Gasteiger partial charge in [-0.1, -0.05) is 352 Å². The van der Waals surface area contributed by atoms with E-state index in [-0.39, 0.29) is 0 Å². The number of imidazole rings is 4. The van der Waals surface area contributed by atoms with E-state index >= 15 is 0 Å². The van der Waals surface area contributed by atoms with Crippen molar-refractivity contribution in [3.05, 3.63) is 481 Å². The van der Waals surface area contributed by atoms with Crippen molar-refractivity contribution in [3.63, 3.8) is 0 Å². The maximum atomic E-state index is 5.99. The quantitative estimate of drug-likeness (QED) is 0.0959. The normalized spacial score (nSPS) is 13.8. The molecule has 4 heterocycles. The molecule has 2 aliphatic rings. The van der Waals surface area contributed by atoms with E-state index in [1.807, 2.05) is 0 Å². The lowest BCUT2D eigenvalue weighted by Gasteiger charge is -2.35. The van der Waals surface area contributed by atoms with Crippen molar-refractivity contribution >= 4 is 87.2 Å². The minimum absolute atomic E-state index is 0.710. The number of hydrogen-bond donors (Lipinski definition) is 0. The van der Waals surface area contributed by atoms with Gasteiger partial charge >= 0.3 is 0 Å². The van der Waals surface area contributed by atoms with Gasteiger partial charge in [-0.3, -0.25) is 9.13 Å². The summed E-state index contributed by atoms with van der Waals surface area (Å²) in [5.74, 6) is 3.60. The molecule has 0 spiro atoms. The molecule has 4 aromatic heterocycles. The molecule has 0 fully saturated rings. The molecule has 26 rings (SSSR count). The van der Waals surface area contributed by atoms with Crippen LogP contribution in [0.15, 0.2) is 437 Å². The van der Waals surface area contributed by atoms with Gasteiger partial charge in [0.25, 0.3) is 0 Å². The summed E-state index contributed by atoms with van der Waals surface area (Å²) < 4.78 is 9.47. The third-order valence-electron chi connectivity index (χ3n) is 28.2. The highest BCUT2D eigenvalue weighted by atomic mass is 15.1. The number of aromatic nitrogens is 8. The van der Waals surface area contributed by atoms with E-state index in [1.165, 1.54) is 77.9 Å². The van der Waals surface area contributed by atoms with Gasteiger partial charge in [-0.25, -0.2) is 19.9 Å². The molecule has 0 bridgehead atoms. The summed E-state index contributed by atoms with van der Waals surface area (Å²) in [5.41, 5.74) is 34.2. The van der Waals surface area contributed by atoms with Gasteiger partial charge in [-0.2, -0.15) is 0 Å². The molecule has 24 aromatic rings. The van der Waals surface area contributed by atoms with Crippen LogP contribution in [-0.2, 0) is 23.9 Å². The first kappa shape index (κ1) is 74.7. The number of rotatable bonds is 15. The minimum atomic E-state index is -0.747. The van der Waals surface area contributed by atoms with Crippen LogP contribution in [0, 0.1) is 0 Å². The van der Waals surface area contributed by atoms with Crippen LogP contribution in [-0.4, -0.2) is 38.2 Å². The topological polar surface area (TPSA) is 71.3 Å². The summed E-state index contributed by atoms with van der Waals surface area (Å²) in [7, 11) is 0. The molecule has 0 amide bonds. The van der Waals surface area contributed by atoms with E-state index in [4.69, 9.17) is 19.9 Å². The fourth-order valence-electron chi connectivity index (χ4n) is 22.9. The summed E-state index contributed by atoms with van der Waals surface area (Å²) in [5, 5.41) is 8.96. The van der Waals surface area contributed by atoms with E-state index in [2.05, 4.69) is 469 Å². The highest BCUT2D eigenvalue weighted by Crippen LogP contribution is 2.63. The lowest BCUT2D eigenvalue weighted by Crippen LogP contribution is -2.29. The summed E-state index contributed by atoms with van der Waals surface area (Å²) in [6.07, 6.45) is 0. The van der Waals surface area contributed by atoms with Crippen molar-refractivity contribution in [2.45, 2.75) is 37.8 Å². The van der Waals surface area contributed by atoms with Crippen LogP contribution in [0.2, 0.25) is 0 Å². The molecule has 1 atom stereocenters. The molecule has 0 N–H and O–H groups in total. The van der Waals surface area contributed by atoms with Crippen molar-refractivity contribution in [1.82, 2.24) is 38.2 Å². The Morgan fingerprint density at radius 2 is 0.546 bits per heavy atom. The van der Waals surface area contributed by atoms with Gasteiger partial charge in [0.15, 0.2) is 0 Å². The summed E-state index contributed by atoms with van der Waals surface area (Å²) in [4.78, 5) is 22.6. The third-order valence-corrected chi connectivity index (χ3v) is 28.2. The highest BCUT2D eigenvalue weighted by molar-refractivity contribution is 6.23. The Bertz CT molecular complexity index is 8560. The monoisotopic (exact) mass is 1660 g/mol. The average molecular weight is 1660 g/mol. The fraction of sp³-hybridized carbons (Fsp3) is 0.0492. The Kier molecular flexibility index (Phi) is 16.9. The van der Waals surface area contributed by atoms with E-state index < -0.39 is 10.8 Å². The standard InChI is InChI=1S/C122H82N8/c1-3-127-109-65-27-24-62-105(109)123-117(127)91-53-30-48-86-98(91)75-99-87(49-31-54-92(99)118-124-106-63-25-28-66-110(106)128(118)4-2)113(86)96-57-35-61-104-115(96)95-47-21-23-60-103(95)121(104,79-36-10-5-11-37-79)82-71-68-77(69-72-82)78-70-73-112-108(74-78)126-120(130(112)84-44-18-9-19-45-84)94-56-33-51-89-101(94)76-100-88(50-32-55-93(100)119-125-107-64-26-29-67-111(107)129(119)83-42-16-8-17-43-83)114(89)97-58-34-52-90-85-46-20-22-59-102(85)122(116(90)97,80-38-12-6-13-39-80)81-40-14-7-15-41-81/h5-76H,3-4H2,1-2H3. The van der Waals surface area contributed by atoms with Crippen LogP contribution in [0.3, 0.4) is 0 Å².